The van der Waals surface area contributed by atoms with E-state index in [0.29, 0.717) is 0 Å². The van der Waals surface area contributed by atoms with Gasteiger partial charge in [-0.1, -0.05) is 20.3 Å². The zero-order valence-electron chi connectivity index (χ0n) is 5.46. The van der Waals surface area contributed by atoms with Crippen molar-refractivity contribution >= 4 is 0 Å². The van der Waals surface area contributed by atoms with Crippen LogP contribution in [-0.2, 0) is 0 Å². The molecular formula is C6H14O2. The maximum absolute atomic E-state index is 8.88. The van der Waals surface area contributed by atoms with Gasteiger partial charge in [-0.25, -0.2) is 0 Å². The third kappa shape index (κ3) is 2.28. The molecule has 2 nitrogen and oxygen atoms in total. The molecule has 0 aromatic heterocycles. The zero-order chi connectivity index (χ0) is 6.57. The molecule has 0 aromatic carbocycles. The molecule has 0 heterocycles. The largest absolute Gasteiger partial charge is 0.394 e. The van der Waals surface area contributed by atoms with Crippen LogP contribution >= 0.6 is 0 Å². The molecule has 50 valence electrons. The van der Waals surface area contributed by atoms with Crippen LogP contribution in [0.25, 0.3) is 0 Å². The molecule has 2 atom stereocenters. The second-order valence-corrected chi connectivity index (χ2v) is 2.14. The normalized spacial score (nSPS) is 18.0. The first-order valence-electron chi connectivity index (χ1n) is 3.01. The van der Waals surface area contributed by atoms with Gasteiger partial charge in [0.1, 0.15) is 0 Å². The van der Waals surface area contributed by atoms with Gasteiger partial charge in [0.05, 0.1) is 12.7 Å². The van der Waals surface area contributed by atoms with Gasteiger partial charge in [-0.15, -0.1) is 0 Å². The summed E-state index contributed by atoms with van der Waals surface area (Å²) in [5.41, 5.74) is 0. The highest BCUT2D eigenvalue weighted by Gasteiger charge is 2.08. The van der Waals surface area contributed by atoms with Crippen LogP contribution < -0.4 is 0 Å². The lowest BCUT2D eigenvalue weighted by molar-refractivity contribution is 0.0521. The summed E-state index contributed by atoms with van der Waals surface area (Å²) in [7, 11) is 0. The lowest BCUT2D eigenvalue weighted by atomic mass is 10.0. The molecule has 0 amide bonds. The average Bonchev–Trinajstić information content (AvgIpc) is 1.84. The molecule has 0 saturated heterocycles. The average molecular weight is 118 g/mol. The summed E-state index contributed by atoms with van der Waals surface area (Å²) in [4.78, 5) is 0. The molecule has 0 unspecified atom stereocenters. The first-order chi connectivity index (χ1) is 3.72. The molecule has 2 heteroatoms. The van der Waals surface area contributed by atoms with Crippen LogP contribution in [-0.4, -0.2) is 22.9 Å². The third-order valence-corrected chi connectivity index (χ3v) is 1.49. The zero-order valence-corrected chi connectivity index (χ0v) is 5.46. The van der Waals surface area contributed by atoms with Crippen molar-refractivity contribution in [3.05, 3.63) is 0 Å². The van der Waals surface area contributed by atoms with E-state index in [4.69, 9.17) is 10.2 Å². The van der Waals surface area contributed by atoms with Gasteiger partial charge in [0.2, 0.25) is 0 Å². The highest BCUT2D eigenvalue weighted by Crippen LogP contribution is 2.05. The van der Waals surface area contributed by atoms with Gasteiger partial charge in [-0.3, -0.25) is 0 Å². The Morgan fingerprint density at radius 3 is 2.12 bits per heavy atom. The van der Waals surface area contributed by atoms with Gasteiger partial charge >= 0.3 is 0 Å². The molecule has 0 bridgehead atoms. The molecule has 8 heavy (non-hydrogen) atoms. The summed E-state index contributed by atoms with van der Waals surface area (Å²) in [5, 5.41) is 17.3. The Labute approximate surface area is 50.2 Å². The predicted molar refractivity (Wildman–Crippen MR) is 32.5 cm³/mol. The molecule has 0 saturated carbocycles. The lowest BCUT2D eigenvalue weighted by Crippen LogP contribution is -2.20. The van der Waals surface area contributed by atoms with Crippen molar-refractivity contribution in [1.82, 2.24) is 0 Å². The van der Waals surface area contributed by atoms with Crippen LogP contribution in [0.1, 0.15) is 20.3 Å². The molecule has 0 rings (SSSR count). The van der Waals surface area contributed by atoms with Crippen LogP contribution in [0.15, 0.2) is 0 Å². The molecule has 0 radical (unpaired) electrons. The Bertz CT molecular complexity index is 46.5. The summed E-state index contributed by atoms with van der Waals surface area (Å²) in [6.07, 6.45) is 0.391. The van der Waals surface area contributed by atoms with E-state index in [1.54, 1.807) is 0 Å². The molecular weight excluding hydrogens is 104 g/mol. The highest BCUT2D eigenvalue weighted by molar-refractivity contribution is 4.59. The quantitative estimate of drug-likeness (QED) is 0.562. The van der Waals surface area contributed by atoms with Crippen molar-refractivity contribution in [3.8, 4) is 0 Å². The summed E-state index contributed by atoms with van der Waals surface area (Å²) < 4.78 is 0. The molecule has 0 spiro atoms. The van der Waals surface area contributed by atoms with E-state index in [1.165, 1.54) is 0 Å². The maximum atomic E-state index is 8.88. The van der Waals surface area contributed by atoms with E-state index in [0.717, 1.165) is 6.42 Å². The van der Waals surface area contributed by atoms with E-state index in [2.05, 4.69) is 0 Å². The topological polar surface area (TPSA) is 40.5 Å². The smallest absolute Gasteiger partial charge is 0.0796 e. The van der Waals surface area contributed by atoms with E-state index in [9.17, 15) is 0 Å². The van der Waals surface area contributed by atoms with Gasteiger partial charge in [-0.2, -0.15) is 0 Å². The number of hydrogen-bond acceptors (Lipinski definition) is 2. The van der Waals surface area contributed by atoms with Gasteiger partial charge in [0, 0.05) is 0 Å². The Morgan fingerprint density at radius 2 is 2.00 bits per heavy atom. The Hall–Kier alpha value is -0.0800. The van der Waals surface area contributed by atoms with Gasteiger partial charge in [-0.05, 0) is 5.92 Å². The number of hydrogen-bond donors (Lipinski definition) is 2. The predicted octanol–water partition coefficient (Wildman–Crippen LogP) is 0.386. The highest BCUT2D eigenvalue weighted by atomic mass is 16.3. The van der Waals surface area contributed by atoms with Crippen molar-refractivity contribution in [3.63, 3.8) is 0 Å². The second kappa shape index (κ2) is 3.87. The lowest BCUT2D eigenvalue weighted by Gasteiger charge is -2.12. The van der Waals surface area contributed by atoms with Crippen LogP contribution in [0, 0.1) is 5.92 Å². The Balaban J connectivity index is 3.29. The van der Waals surface area contributed by atoms with Gasteiger partial charge in [0.25, 0.3) is 0 Å². The molecule has 0 aliphatic carbocycles. The minimum atomic E-state index is -0.528. The fourth-order valence-electron chi connectivity index (χ4n) is 0.452. The standard InChI is InChI=1S/C6H14O2/c1-3-5(2)6(8)4-7/h5-8H,3-4H2,1-2H3/t5-,6-/m0/s1. The van der Waals surface area contributed by atoms with E-state index < -0.39 is 6.10 Å². The van der Waals surface area contributed by atoms with Gasteiger partial charge < -0.3 is 10.2 Å². The first-order valence-corrected chi connectivity index (χ1v) is 3.01. The minimum absolute atomic E-state index is 0.116. The fourth-order valence-corrected chi connectivity index (χ4v) is 0.452. The molecule has 2 N–H and O–H groups in total. The number of aliphatic hydroxyl groups excluding tert-OH is 2. The van der Waals surface area contributed by atoms with Crippen LogP contribution in [0.2, 0.25) is 0 Å². The third-order valence-electron chi connectivity index (χ3n) is 1.49. The first kappa shape index (κ1) is 7.92. The Kier molecular flexibility index (Phi) is 3.83. The summed E-state index contributed by atoms with van der Waals surface area (Å²) in [5.74, 6) is 0.222. The molecule has 0 aliphatic rings. The van der Waals surface area contributed by atoms with Gasteiger partial charge in [0.15, 0.2) is 0 Å². The van der Waals surface area contributed by atoms with E-state index >= 15 is 0 Å². The van der Waals surface area contributed by atoms with E-state index in [1.807, 2.05) is 13.8 Å². The SMILES string of the molecule is CC[C@H](C)[C@@H](O)CO. The summed E-state index contributed by atoms with van der Waals surface area (Å²) >= 11 is 0. The Morgan fingerprint density at radius 1 is 1.50 bits per heavy atom. The van der Waals surface area contributed by atoms with Crippen LogP contribution in [0.3, 0.4) is 0 Å². The molecule has 0 fully saturated rings. The second-order valence-electron chi connectivity index (χ2n) is 2.14. The maximum Gasteiger partial charge on any atom is 0.0796 e. The summed E-state index contributed by atoms with van der Waals surface area (Å²) in [6.45, 7) is 3.79. The van der Waals surface area contributed by atoms with Crippen molar-refractivity contribution in [1.29, 1.82) is 0 Å². The monoisotopic (exact) mass is 118 g/mol. The number of aliphatic hydroxyl groups is 2. The molecule has 0 aliphatic heterocycles. The van der Waals surface area contributed by atoms with Crippen molar-refractivity contribution in [2.45, 2.75) is 26.4 Å². The number of rotatable bonds is 3. The van der Waals surface area contributed by atoms with Crippen LogP contribution in [0.5, 0.6) is 0 Å². The minimum Gasteiger partial charge on any atom is -0.394 e. The van der Waals surface area contributed by atoms with Crippen molar-refractivity contribution < 1.29 is 10.2 Å². The fraction of sp³-hybridized carbons (Fsp3) is 1.00. The van der Waals surface area contributed by atoms with Crippen LogP contribution in [0.4, 0.5) is 0 Å². The van der Waals surface area contributed by atoms with E-state index in [-0.39, 0.29) is 12.5 Å². The molecule has 0 aromatic rings. The summed E-state index contributed by atoms with van der Waals surface area (Å²) in [6, 6.07) is 0. The van der Waals surface area contributed by atoms with Crippen molar-refractivity contribution in [2.24, 2.45) is 5.92 Å². The van der Waals surface area contributed by atoms with Crippen molar-refractivity contribution in [2.75, 3.05) is 6.61 Å².